The molecule has 82 valence electrons. The minimum absolute atomic E-state index is 1.04. The lowest BCUT2D eigenvalue weighted by Gasteiger charge is -2.15. The molecule has 0 atom stereocenters. The predicted octanol–water partition coefficient (Wildman–Crippen LogP) is 3.84. The van der Waals surface area contributed by atoms with Crippen molar-refractivity contribution < 1.29 is 0 Å². The van der Waals surface area contributed by atoms with E-state index >= 15 is 0 Å². The van der Waals surface area contributed by atoms with E-state index in [9.17, 15) is 0 Å². The third-order valence-electron chi connectivity index (χ3n) is 2.25. The van der Waals surface area contributed by atoms with Gasteiger partial charge in [-0.15, -0.1) is 0 Å². The summed E-state index contributed by atoms with van der Waals surface area (Å²) in [5, 5.41) is 2.93. The molecule has 1 N–H and O–H groups in total. The van der Waals surface area contributed by atoms with E-state index in [1.165, 1.54) is 32.1 Å². The van der Waals surface area contributed by atoms with Crippen LogP contribution < -0.4 is 5.32 Å². The summed E-state index contributed by atoms with van der Waals surface area (Å²) in [7, 11) is 1.93. The first-order valence-electron chi connectivity index (χ1n) is 5.95. The van der Waals surface area contributed by atoms with Crippen LogP contribution >= 0.6 is 0 Å². The molecule has 1 nitrogen and oxygen atoms in total. The van der Waals surface area contributed by atoms with Gasteiger partial charge in [0.2, 0.25) is 0 Å². The molecule has 0 aromatic rings. The highest BCUT2D eigenvalue weighted by atomic mass is 14.8. The molecular weight excluding hydrogens is 158 g/mol. The van der Waals surface area contributed by atoms with Crippen LogP contribution in [0.5, 0.6) is 0 Å². The lowest BCUT2D eigenvalue weighted by atomic mass is 9.91. The Morgan fingerprint density at radius 2 is 1.46 bits per heavy atom. The Labute approximate surface area is 85.3 Å². The standard InChI is InChI=1S/C7H14.C3H9N.C2H6/c1-7-5-3-2-4-6-7;1-3-4-2;1-2/h7H,2-6H2,1H3;4H,3H2,1-2H3;1-2H3. The summed E-state index contributed by atoms with van der Waals surface area (Å²) in [6.45, 7) is 9.50. The van der Waals surface area contributed by atoms with Crippen LogP contribution in [0.25, 0.3) is 0 Å². The second-order valence-corrected chi connectivity index (χ2v) is 3.45. The fourth-order valence-electron chi connectivity index (χ4n) is 1.31. The SMILES string of the molecule is CC.CC1CCCCC1.CCNC. The number of rotatable bonds is 1. The number of hydrogen-bond acceptors (Lipinski definition) is 1. The van der Waals surface area contributed by atoms with Gasteiger partial charge in [0.1, 0.15) is 0 Å². The maximum absolute atomic E-state index is 2.93. The summed E-state index contributed by atoms with van der Waals surface area (Å²) in [6.07, 6.45) is 7.44. The molecule has 0 aromatic carbocycles. The van der Waals surface area contributed by atoms with Gasteiger partial charge in [-0.1, -0.05) is 59.8 Å². The largest absolute Gasteiger partial charge is 0.320 e. The van der Waals surface area contributed by atoms with Crippen molar-refractivity contribution in [2.45, 2.75) is 59.8 Å². The molecule has 1 aliphatic rings. The van der Waals surface area contributed by atoms with Crippen molar-refractivity contribution in [3.8, 4) is 0 Å². The monoisotopic (exact) mass is 187 g/mol. The number of hydrogen-bond donors (Lipinski definition) is 1. The van der Waals surface area contributed by atoms with Crippen molar-refractivity contribution in [2.24, 2.45) is 5.92 Å². The molecule has 1 rings (SSSR count). The Morgan fingerprint density at radius 1 is 1.08 bits per heavy atom. The molecule has 0 aliphatic heterocycles. The van der Waals surface area contributed by atoms with Gasteiger partial charge < -0.3 is 5.32 Å². The van der Waals surface area contributed by atoms with Crippen LogP contribution in [0.15, 0.2) is 0 Å². The lowest BCUT2D eigenvalue weighted by molar-refractivity contribution is 0.385. The summed E-state index contributed by atoms with van der Waals surface area (Å²) in [5.41, 5.74) is 0. The molecule has 0 spiro atoms. The van der Waals surface area contributed by atoms with Crippen LogP contribution in [0.4, 0.5) is 0 Å². The Morgan fingerprint density at radius 3 is 1.62 bits per heavy atom. The second kappa shape index (κ2) is 14.5. The van der Waals surface area contributed by atoms with Crippen molar-refractivity contribution in [1.29, 1.82) is 0 Å². The van der Waals surface area contributed by atoms with Crippen molar-refractivity contribution in [2.75, 3.05) is 13.6 Å². The lowest BCUT2D eigenvalue weighted by Crippen LogP contribution is -2.01. The summed E-state index contributed by atoms with van der Waals surface area (Å²) in [6, 6.07) is 0. The highest BCUT2D eigenvalue weighted by molar-refractivity contribution is 4.59. The zero-order valence-corrected chi connectivity index (χ0v) is 10.3. The number of nitrogens with one attached hydrogen (secondary N) is 1. The highest BCUT2D eigenvalue weighted by Crippen LogP contribution is 2.21. The van der Waals surface area contributed by atoms with Crippen LogP contribution in [-0.4, -0.2) is 13.6 Å². The fraction of sp³-hybridized carbons (Fsp3) is 1.00. The van der Waals surface area contributed by atoms with Gasteiger partial charge in [0.25, 0.3) is 0 Å². The van der Waals surface area contributed by atoms with Gasteiger partial charge in [0, 0.05) is 0 Å². The Hall–Kier alpha value is -0.0400. The molecule has 0 unspecified atom stereocenters. The third kappa shape index (κ3) is 14.8. The first kappa shape index (κ1) is 15.4. The van der Waals surface area contributed by atoms with E-state index in [2.05, 4.69) is 19.2 Å². The van der Waals surface area contributed by atoms with E-state index in [1.54, 1.807) is 0 Å². The summed E-state index contributed by atoms with van der Waals surface area (Å²) < 4.78 is 0. The Balaban J connectivity index is 0. The van der Waals surface area contributed by atoms with Crippen LogP contribution in [0.1, 0.15) is 59.8 Å². The van der Waals surface area contributed by atoms with Crippen molar-refractivity contribution >= 4 is 0 Å². The van der Waals surface area contributed by atoms with Crippen LogP contribution in [0, 0.1) is 5.92 Å². The van der Waals surface area contributed by atoms with Crippen molar-refractivity contribution in [3.63, 3.8) is 0 Å². The molecule has 1 heteroatoms. The zero-order valence-electron chi connectivity index (χ0n) is 10.3. The van der Waals surface area contributed by atoms with E-state index in [0.29, 0.717) is 0 Å². The minimum Gasteiger partial charge on any atom is -0.320 e. The quantitative estimate of drug-likeness (QED) is 0.657. The minimum atomic E-state index is 1.04. The topological polar surface area (TPSA) is 12.0 Å². The summed E-state index contributed by atoms with van der Waals surface area (Å²) in [5.74, 6) is 1.04. The molecule has 1 aliphatic carbocycles. The van der Waals surface area contributed by atoms with Gasteiger partial charge in [0.05, 0.1) is 0 Å². The molecular formula is C12H29N. The fourth-order valence-corrected chi connectivity index (χ4v) is 1.31. The average molecular weight is 187 g/mol. The van der Waals surface area contributed by atoms with Gasteiger partial charge in [-0.25, -0.2) is 0 Å². The first-order valence-corrected chi connectivity index (χ1v) is 5.95. The molecule has 0 heterocycles. The highest BCUT2D eigenvalue weighted by Gasteiger charge is 2.05. The van der Waals surface area contributed by atoms with E-state index in [0.717, 1.165) is 12.5 Å². The van der Waals surface area contributed by atoms with E-state index in [-0.39, 0.29) is 0 Å². The van der Waals surface area contributed by atoms with Crippen LogP contribution in [0.2, 0.25) is 0 Å². The van der Waals surface area contributed by atoms with Gasteiger partial charge >= 0.3 is 0 Å². The molecule has 1 saturated carbocycles. The Kier molecular flexibility index (Phi) is 17.2. The predicted molar refractivity (Wildman–Crippen MR) is 63.2 cm³/mol. The van der Waals surface area contributed by atoms with E-state index < -0.39 is 0 Å². The van der Waals surface area contributed by atoms with Crippen LogP contribution in [0.3, 0.4) is 0 Å². The van der Waals surface area contributed by atoms with E-state index in [1.807, 2.05) is 20.9 Å². The molecule has 0 bridgehead atoms. The maximum Gasteiger partial charge on any atom is -0.00804 e. The molecule has 13 heavy (non-hydrogen) atoms. The summed E-state index contributed by atoms with van der Waals surface area (Å²) >= 11 is 0. The van der Waals surface area contributed by atoms with Gasteiger partial charge in [-0.2, -0.15) is 0 Å². The van der Waals surface area contributed by atoms with Crippen molar-refractivity contribution in [1.82, 2.24) is 5.32 Å². The van der Waals surface area contributed by atoms with Crippen LogP contribution in [-0.2, 0) is 0 Å². The average Bonchev–Trinajstić information content (AvgIpc) is 2.22. The molecule has 0 amide bonds. The maximum atomic E-state index is 2.93. The molecule has 1 fully saturated rings. The normalized spacial score (nSPS) is 16.4. The molecule has 0 aromatic heterocycles. The molecule has 0 radical (unpaired) electrons. The Bertz CT molecular complexity index is 63.5. The third-order valence-corrected chi connectivity index (χ3v) is 2.25. The van der Waals surface area contributed by atoms with E-state index in [4.69, 9.17) is 0 Å². The smallest absolute Gasteiger partial charge is 0.00804 e. The zero-order chi connectivity index (χ0) is 10.5. The van der Waals surface area contributed by atoms with Gasteiger partial charge in [0.15, 0.2) is 0 Å². The van der Waals surface area contributed by atoms with Crippen molar-refractivity contribution in [3.05, 3.63) is 0 Å². The second-order valence-electron chi connectivity index (χ2n) is 3.45. The van der Waals surface area contributed by atoms with Gasteiger partial charge in [-0.05, 0) is 19.5 Å². The first-order chi connectivity index (χ1) is 6.31. The van der Waals surface area contributed by atoms with Gasteiger partial charge in [-0.3, -0.25) is 0 Å². The summed E-state index contributed by atoms with van der Waals surface area (Å²) in [4.78, 5) is 0. The molecule has 0 saturated heterocycles.